The summed E-state index contributed by atoms with van der Waals surface area (Å²) in [6.45, 7) is 11.0. The van der Waals surface area contributed by atoms with Crippen LogP contribution < -0.4 is 5.32 Å². The van der Waals surface area contributed by atoms with Gasteiger partial charge in [0.05, 0.1) is 5.75 Å². The van der Waals surface area contributed by atoms with Crippen molar-refractivity contribution in [3.8, 4) is 0 Å². The minimum absolute atomic E-state index is 0.289. The van der Waals surface area contributed by atoms with Gasteiger partial charge in [0.2, 0.25) is 0 Å². The lowest BCUT2D eigenvalue weighted by atomic mass is 10.0. The lowest BCUT2D eigenvalue weighted by Gasteiger charge is -2.05. The van der Waals surface area contributed by atoms with E-state index < -0.39 is 9.84 Å². The first-order valence-corrected chi connectivity index (χ1v) is 8.03. The highest BCUT2D eigenvalue weighted by Gasteiger charge is 2.63. The third kappa shape index (κ3) is 2.98. The second-order valence-electron chi connectivity index (χ2n) is 6.18. The molecule has 3 nitrogen and oxygen atoms in total. The van der Waals surface area contributed by atoms with Crippen molar-refractivity contribution in [2.45, 2.75) is 34.1 Å². The van der Waals surface area contributed by atoms with Crippen LogP contribution in [0.4, 0.5) is 0 Å². The summed E-state index contributed by atoms with van der Waals surface area (Å²) in [5.74, 6) is 0.996. The molecule has 96 valence electrons. The van der Waals surface area contributed by atoms with Gasteiger partial charge in [0.15, 0.2) is 0 Å². The van der Waals surface area contributed by atoms with Crippen molar-refractivity contribution in [3.05, 3.63) is 0 Å². The topological polar surface area (TPSA) is 46.2 Å². The lowest BCUT2D eigenvalue weighted by Crippen LogP contribution is -2.22. The molecule has 0 heterocycles. The SMILES string of the molecule is CC1(C)C(CNCCCS(C)(=O)=O)C1(C)C. The summed E-state index contributed by atoms with van der Waals surface area (Å²) in [6, 6.07) is 0. The van der Waals surface area contributed by atoms with Crippen LogP contribution >= 0.6 is 0 Å². The molecule has 0 radical (unpaired) electrons. The molecular formula is C12H25NO2S. The van der Waals surface area contributed by atoms with Crippen LogP contribution in [0.1, 0.15) is 34.1 Å². The number of hydrogen-bond donors (Lipinski definition) is 1. The van der Waals surface area contributed by atoms with E-state index in [9.17, 15) is 8.42 Å². The highest BCUT2D eigenvalue weighted by molar-refractivity contribution is 7.90. The van der Waals surface area contributed by atoms with Crippen molar-refractivity contribution in [1.29, 1.82) is 0 Å². The zero-order valence-corrected chi connectivity index (χ0v) is 11.9. The van der Waals surface area contributed by atoms with E-state index in [-0.39, 0.29) is 5.75 Å². The lowest BCUT2D eigenvalue weighted by molar-refractivity contribution is 0.457. The van der Waals surface area contributed by atoms with E-state index >= 15 is 0 Å². The molecule has 0 spiro atoms. The summed E-state index contributed by atoms with van der Waals surface area (Å²) in [5.41, 5.74) is 0.827. The van der Waals surface area contributed by atoms with Gasteiger partial charge in [-0.2, -0.15) is 0 Å². The predicted octanol–water partition coefficient (Wildman–Crippen LogP) is 1.69. The second kappa shape index (κ2) is 4.30. The average Bonchev–Trinajstić information content (AvgIpc) is 2.44. The fourth-order valence-electron chi connectivity index (χ4n) is 2.55. The van der Waals surface area contributed by atoms with Crippen molar-refractivity contribution < 1.29 is 8.42 Å². The molecule has 0 unspecified atom stereocenters. The van der Waals surface area contributed by atoms with Crippen LogP contribution in [0.3, 0.4) is 0 Å². The Hall–Kier alpha value is -0.0900. The maximum Gasteiger partial charge on any atom is 0.147 e. The average molecular weight is 247 g/mol. The second-order valence-corrected chi connectivity index (χ2v) is 8.44. The molecule has 4 heteroatoms. The molecule has 16 heavy (non-hydrogen) atoms. The van der Waals surface area contributed by atoms with Crippen LogP contribution in [0, 0.1) is 16.7 Å². The summed E-state index contributed by atoms with van der Waals surface area (Å²) in [7, 11) is -2.79. The number of rotatable bonds is 6. The fourth-order valence-corrected chi connectivity index (χ4v) is 3.22. The quantitative estimate of drug-likeness (QED) is 0.727. The maximum absolute atomic E-state index is 10.9. The first-order chi connectivity index (χ1) is 7.09. The highest BCUT2D eigenvalue weighted by atomic mass is 32.2. The van der Waals surface area contributed by atoms with E-state index in [1.807, 2.05) is 0 Å². The maximum atomic E-state index is 10.9. The summed E-state index contributed by atoms with van der Waals surface area (Å²) in [4.78, 5) is 0. The van der Waals surface area contributed by atoms with Crippen LogP contribution in [0.15, 0.2) is 0 Å². The Bertz CT molecular complexity index is 330. The molecule has 0 aliphatic heterocycles. The first kappa shape index (κ1) is 14.0. The van der Waals surface area contributed by atoms with E-state index in [2.05, 4.69) is 33.0 Å². The van der Waals surface area contributed by atoms with Crippen LogP contribution in [0.5, 0.6) is 0 Å². The Kier molecular flexibility index (Phi) is 3.75. The zero-order chi connectivity index (χ0) is 12.6. The van der Waals surface area contributed by atoms with E-state index in [0.717, 1.165) is 13.1 Å². The van der Waals surface area contributed by atoms with Gasteiger partial charge in [-0.25, -0.2) is 8.42 Å². The van der Waals surface area contributed by atoms with Gasteiger partial charge in [-0.05, 0) is 36.3 Å². The monoisotopic (exact) mass is 247 g/mol. The molecular weight excluding hydrogens is 222 g/mol. The van der Waals surface area contributed by atoms with Gasteiger partial charge in [0, 0.05) is 6.26 Å². The molecule has 0 saturated heterocycles. The molecule has 0 amide bonds. The minimum Gasteiger partial charge on any atom is -0.316 e. The van der Waals surface area contributed by atoms with Crippen LogP contribution in [0.2, 0.25) is 0 Å². The normalized spacial score (nSPS) is 23.3. The third-order valence-electron chi connectivity index (χ3n) is 4.54. The van der Waals surface area contributed by atoms with Gasteiger partial charge >= 0.3 is 0 Å². The van der Waals surface area contributed by atoms with Crippen LogP contribution in [0.25, 0.3) is 0 Å². The largest absolute Gasteiger partial charge is 0.316 e. The summed E-state index contributed by atoms with van der Waals surface area (Å²) >= 11 is 0. The van der Waals surface area contributed by atoms with Crippen molar-refractivity contribution in [2.24, 2.45) is 16.7 Å². The Morgan fingerprint density at radius 1 is 1.12 bits per heavy atom. The standard InChI is InChI=1S/C12H25NO2S/c1-11(2)10(12(11,3)4)9-13-7-6-8-16(5,14)15/h10,13H,6-9H2,1-5H3. The Morgan fingerprint density at radius 2 is 1.62 bits per heavy atom. The number of hydrogen-bond acceptors (Lipinski definition) is 3. The molecule has 1 saturated carbocycles. The highest BCUT2D eigenvalue weighted by Crippen LogP contribution is 2.67. The molecule has 0 atom stereocenters. The predicted molar refractivity (Wildman–Crippen MR) is 68.2 cm³/mol. The summed E-state index contributed by atoms with van der Waals surface area (Å²) in [6.07, 6.45) is 2.01. The minimum atomic E-state index is -2.79. The molecule has 0 aromatic heterocycles. The van der Waals surface area contributed by atoms with Crippen LogP contribution in [-0.2, 0) is 9.84 Å². The van der Waals surface area contributed by atoms with Gasteiger partial charge < -0.3 is 5.32 Å². The fraction of sp³-hybridized carbons (Fsp3) is 1.00. The molecule has 1 rings (SSSR count). The van der Waals surface area contributed by atoms with Gasteiger partial charge in [-0.15, -0.1) is 0 Å². The molecule has 0 bridgehead atoms. The van der Waals surface area contributed by atoms with E-state index in [1.165, 1.54) is 6.26 Å². The van der Waals surface area contributed by atoms with E-state index in [4.69, 9.17) is 0 Å². The van der Waals surface area contributed by atoms with Crippen LogP contribution in [-0.4, -0.2) is 33.5 Å². The van der Waals surface area contributed by atoms with Gasteiger partial charge in [-0.1, -0.05) is 27.7 Å². The van der Waals surface area contributed by atoms with Crippen molar-refractivity contribution >= 4 is 9.84 Å². The summed E-state index contributed by atoms with van der Waals surface area (Å²) < 4.78 is 21.8. The molecule has 1 fully saturated rings. The first-order valence-electron chi connectivity index (χ1n) is 5.97. The van der Waals surface area contributed by atoms with Gasteiger partial charge in [0.1, 0.15) is 9.84 Å². The smallest absolute Gasteiger partial charge is 0.147 e. The Balaban J connectivity index is 2.15. The molecule has 1 aliphatic rings. The molecule has 1 N–H and O–H groups in total. The van der Waals surface area contributed by atoms with Gasteiger partial charge in [-0.3, -0.25) is 0 Å². The molecule has 0 aromatic carbocycles. The Labute approximate surface area is 99.9 Å². The number of sulfone groups is 1. The zero-order valence-electron chi connectivity index (χ0n) is 11.1. The van der Waals surface area contributed by atoms with Crippen molar-refractivity contribution in [3.63, 3.8) is 0 Å². The van der Waals surface area contributed by atoms with Gasteiger partial charge in [0.25, 0.3) is 0 Å². The van der Waals surface area contributed by atoms with E-state index in [1.54, 1.807) is 0 Å². The Morgan fingerprint density at radius 3 is 2.00 bits per heavy atom. The van der Waals surface area contributed by atoms with E-state index in [0.29, 0.717) is 23.2 Å². The molecule has 0 aromatic rings. The van der Waals surface area contributed by atoms with Crippen molar-refractivity contribution in [1.82, 2.24) is 5.32 Å². The summed E-state index contributed by atoms with van der Waals surface area (Å²) in [5, 5.41) is 3.37. The third-order valence-corrected chi connectivity index (χ3v) is 5.57. The number of nitrogens with one attached hydrogen (secondary N) is 1. The molecule has 1 aliphatic carbocycles. The van der Waals surface area contributed by atoms with Crippen molar-refractivity contribution in [2.75, 3.05) is 25.1 Å².